The first-order valence-electron chi connectivity index (χ1n) is 8.33. The Balaban J connectivity index is 1.86. The monoisotopic (exact) mass is 391 g/mol. The minimum absolute atomic E-state index is 0.407. The van der Waals surface area contributed by atoms with Crippen LogP contribution in [0, 0.1) is 10.1 Å². The smallest absolute Gasteiger partial charge is 0.264 e. The number of methoxy groups -OCH3 is 2. The van der Waals surface area contributed by atoms with Crippen LogP contribution in [0.2, 0.25) is 0 Å². The molecular weight excluding hydrogens is 370 g/mol. The number of piperazine rings is 1. The molecule has 0 saturated carbocycles. The van der Waals surface area contributed by atoms with Gasteiger partial charge in [0.1, 0.15) is 17.2 Å². The van der Waals surface area contributed by atoms with E-state index in [0.717, 1.165) is 22.9 Å². The molecule has 1 aromatic heterocycles. The predicted molar refractivity (Wildman–Crippen MR) is 105 cm³/mol. The van der Waals surface area contributed by atoms with Gasteiger partial charge < -0.3 is 19.3 Å². The standard InChI is InChI=1S/C17H21N5O4S/c1-25-14-8-12-13(9-15(14)26-2)18-11-19-17(12)21-6-4-20(5-7-21)16(27-3)10-22(23)24/h8-11H,4-7H2,1-3H3/b16-10+. The van der Waals surface area contributed by atoms with Crippen LogP contribution >= 0.6 is 11.8 Å². The molecule has 1 aliphatic rings. The maximum atomic E-state index is 10.8. The van der Waals surface area contributed by atoms with Crippen LogP contribution in [-0.4, -0.2) is 66.4 Å². The van der Waals surface area contributed by atoms with Crippen LogP contribution < -0.4 is 14.4 Å². The number of aromatic nitrogens is 2. The fraction of sp³-hybridized carbons (Fsp3) is 0.412. The van der Waals surface area contributed by atoms with Crippen molar-refractivity contribution in [2.75, 3.05) is 51.6 Å². The van der Waals surface area contributed by atoms with Crippen molar-refractivity contribution in [2.45, 2.75) is 0 Å². The lowest BCUT2D eigenvalue weighted by atomic mass is 10.2. The molecule has 1 aliphatic heterocycles. The van der Waals surface area contributed by atoms with Crippen LogP contribution in [0.1, 0.15) is 0 Å². The molecule has 0 N–H and O–H groups in total. The van der Waals surface area contributed by atoms with Gasteiger partial charge in [-0.05, 0) is 12.3 Å². The number of hydrogen-bond acceptors (Lipinski definition) is 9. The number of rotatable bonds is 6. The highest BCUT2D eigenvalue weighted by Crippen LogP contribution is 2.35. The van der Waals surface area contributed by atoms with Crippen LogP contribution in [-0.2, 0) is 0 Å². The zero-order valence-electron chi connectivity index (χ0n) is 15.4. The lowest BCUT2D eigenvalue weighted by molar-refractivity contribution is -0.403. The number of benzene rings is 1. The third-order valence-corrected chi connectivity index (χ3v) is 5.22. The molecule has 2 heterocycles. The molecule has 9 nitrogen and oxygen atoms in total. The first kappa shape index (κ1) is 19.0. The van der Waals surface area contributed by atoms with Gasteiger partial charge in [0.2, 0.25) is 0 Å². The summed E-state index contributed by atoms with van der Waals surface area (Å²) in [5, 5.41) is 12.3. The summed E-state index contributed by atoms with van der Waals surface area (Å²) in [7, 11) is 3.18. The van der Waals surface area contributed by atoms with Gasteiger partial charge >= 0.3 is 0 Å². The van der Waals surface area contributed by atoms with E-state index >= 15 is 0 Å². The second-order valence-electron chi connectivity index (χ2n) is 5.85. The normalized spacial score (nSPS) is 15.1. The minimum Gasteiger partial charge on any atom is -0.493 e. The number of nitro groups is 1. The van der Waals surface area contributed by atoms with Gasteiger partial charge in [0, 0.05) is 37.6 Å². The fourth-order valence-corrected chi connectivity index (χ4v) is 3.75. The summed E-state index contributed by atoms with van der Waals surface area (Å²) in [6.07, 6.45) is 4.45. The summed E-state index contributed by atoms with van der Waals surface area (Å²) in [6.45, 7) is 2.77. The third kappa shape index (κ3) is 4.00. The van der Waals surface area contributed by atoms with E-state index in [4.69, 9.17) is 9.47 Å². The molecule has 0 spiro atoms. The van der Waals surface area contributed by atoms with E-state index < -0.39 is 4.92 Å². The zero-order chi connectivity index (χ0) is 19.4. The molecule has 2 aromatic rings. The molecule has 3 rings (SSSR count). The third-order valence-electron chi connectivity index (χ3n) is 4.44. The number of hydrogen-bond donors (Lipinski definition) is 0. The summed E-state index contributed by atoms with van der Waals surface area (Å²) in [5.74, 6) is 2.07. The van der Waals surface area contributed by atoms with Crippen molar-refractivity contribution in [1.82, 2.24) is 14.9 Å². The summed E-state index contributed by atoms with van der Waals surface area (Å²) >= 11 is 1.38. The maximum absolute atomic E-state index is 10.8. The lowest BCUT2D eigenvalue weighted by Crippen LogP contribution is -2.46. The average molecular weight is 391 g/mol. The minimum atomic E-state index is -0.407. The Morgan fingerprint density at radius 1 is 1.19 bits per heavy atom. The van der Waals surface area contributed by atoms with Crippen LogP contribution in [0.15, 0.2) is 29.7 Å². The fourth-order valence-electron chi connectivity index (χ4n) is 3.11. The zero-order valence-corrected chi connectivity index (χ0v) is 16.2. The summed E-state index contributed by atoms with van der Waals surface area (Å²) < 4.78 is 10.8. The second kappa shape index (κ2) is 8.30. The summed E-state index contributed by atoms with van der Waals surface area (Å²) in [6, 6.07) is 3.72. The van der Waals surface area contributed by atoms with Gasteiger partial charge in [0.05, 0.1) is 24.7 Å². The Morgan fingerprint density at radius 3 is 2.44 bits per heavy atom. The highest BCUT2D eigenvalue weighted by Gasteiger charge is 2.23. The Kier molecular flexibility index (Phi) is 5.84. The molecule has 0 radical (unpaired) electrons. The molecule has 27 heavy (non-hydrogen) atoms. The average Bonchev–Trinajstić information content (AvgIpc) is 2.70. The van der Waals surface area contributed by atoms with Gasteiger partial charge in [-0.15, -0.1) is 11.8 Å². The van der Waals surface area contributed by atoms with Crippen molar-refractivity contribution in [3.8, 4) is 11.5 Å². The highest BCUT2D eigenvalue weighted by molar-refractivity contribution is 8.02. The first-order chi connectivity index (χ1) is 13.1. The molecule has 0 atom stereocenters. The molecule has 144 valence electrons. The number of ether oxygens (including phenoxy) is 2. The number of anilines is 1. The van der Waals surface area contributed by atoms with Gasteiger partial charge in [-0.3, -0.25) is 10.1 Å². The van der Waals surface area contributed by atoms with Crippen LogP contribution in [0.3, 0.4) is 0 Å². The summed E-state index contributed by atoms with van der Waals surface area (Å²) in [4.78, 5) is 23.4. The van der Waals surface area contributed by atoms with E-state index in [9.17, 15) is 10.1 Å². The van der Waals surface area contributed by atoms with Crippen LogP contribution in [0.4, 0.5) is 5.82 Å². The van der Waals surface area contributed by atoms with Gasteiger partial charge in [0.25, 0.3) is 6.20 Å². The Bertz CT molecular complexity index is 868. The van der Waals surface area contributed by atoms with Crippen molar-refractivity contribution in [2.24, 2.45) is 0 Å². The van der Waals surface area contributed by atoms with Gasteiger partial charge in [-0.1, -0.05) is 0 Å². The molecular formula is C17H21N5O4S. The van der Waals surface area contributed by atoms with E-state index in [1.807, 2.05) is 23.3 Å². The lowest BCUT2D eigenvalue weighted by Gasteiger charge is -2.36. The predicted octanol–water partition coefficient (Wildman–Crippen LogP) is 2.21. The van der Waals surface area contributed by atoms with Gasteiger partial charge in [-0.25, -0.2) is 9.97 Å². The van der Waals surface area contributed by atoms with Crippen molar-refractivity contribution in [3.63, 3.8) is 0 Å². The Hall–Kier alpha value is -2.75. The van der Waals surface area contributed by atoms with Crippen LogP contribution in [0.5, 0.6) is 11.5 Å². The van der Waals surface area contributed by atoms with Crippen molar-refractivity contribution in [1.29, 1.82) is 0 Å². The SMILES string of the molecule is COc1cc2ncnc(N3CCN(/C(=C\[N+](=O)[O-])SC)CC3)c2cc1OC. The molecule has 1 aromatic carbocycles. The molecule has 10 heteroatoms. The number of fused-ring (bicyclic) bond motifs is 1. The number of thioether (sulfide) groups is 1. The second-order valence-corrected chi connectivity index (χ2v) is 6.68. The summed E-state index contributed by atoms with van der Waals surface area (Å²) in [5.41, 5.74) is 0.776. The van der Waals surface area contributed by atoms with Gasteiger partial charge in [0.15, 0.2) is 11.5 Å². The van der Waals surface area contributed by atoms with E-state index in [2.05, 4.69) is 14.9 Å². The molecule has 0 amide bonds. The first-order valence-corrected chi connectivity index (χ1v) is 9.55. The van der Waals surface area contributed by atoms with Gasteiger partial charge in [-0.2, -0.15) is 0 Å². The topological polar surface area (TPSA) is 93.9 Å². The molecule has 0 bridgehead atoms. The Morgan fingerprint density at radius 2 is 1.85 bits per heavy atom. The van der Waals surface area contributed by atoms with Crippen LogP contribution in [0.25, 0.3) is 10.9 Å². The van der Waals surface area contributed by atoms with Crippen molar-refractivity contribution < 1.29 is 14.4 Å². The molecule has 1 fully saturated rings. The van der Waals surface area contributed by atoms with E-state index in [0.29, 0.717) is 42.7 Å². The van der Waals surface area contributed by atoms with E-state index in [1.165, 1.54) is 18.1 Å². The molecule has 0 aliphatic carbocycles. The van der Waals surface area contributed by atoms with E-state index in [1.54, 1.807) is 14.2 Å². The van der Waals surface area contributed by atoms with E-state index in [-0.39, 0.29) is 0 Å². The quantitative estimate of drug-likeness (QED) is 0.542. The maximum Gasteiger partial charge on any atom is 0.264 e. The largest absolute Gasteiger partial charge is 0.493 e. The highest BCUT2D eigenvalue weighted by atomic mass is 32.2. The molecule has 0 unspecified atom stereocenters. The Labute approximate surface area is 161 Å². The number of nitrogens with zero attached hydrogens (tertiary/aromatic N) is 5. The van der Waals surface area contributed by atoms with Crippen molar-refractivity contribution >= 4 is 28.5 Å². The molecule has 1 saturated heterocycles. The van der Waals surface area contributed by atoms with Crippen molar-refractivity contribution in [3.05, 3.63) is 39.8 Å².